The zero-order valence-corrected chi connectivity index (χ0v) is 28.2. The lowest BCUT2D eigenvalue weighted by Crippen LogP contribution is -2.58. The van der Waals surface area contributed by atoms with Gasteiger partial charge in [-0.15, -0.1) is 0 Å². The Kier molecular flexibility index (Phi) is 17.0. The lowest BCUT2D eigenvalue weighted by atomic mass is 9.94. The molecule has 0 saturated carbocycles. The molecule has 0 aromatic heterocycles. The predicted octanol–water partition coefficient (Wildman–Crippen LogP) is 2.34. The van der Waals surface area contributed by atoms with E-state index in [4.69, 9.17) is 4.74 Å². The summed E-state index contributed by atoms with van der Waals surface area (Å²) in [7, 11) is 0. The first-order valence-electron chi connectivity index (χ1n) is 16.2. The van der Waals surface area contributed by atoms with Gasteiger partial charge in [0.05, 0.1) is 13.0 Å². The van der Waals surface area contributed by atoms with E-state index < -0.39 is 65.8 Å². The van der Waals surface area contributed by atoms with Gasteiger partial charge in [0.25, 0.3) is 0 Å². The average Bonchev–Trinajstić information content (AvgIpc) is 2.93. The fourth-order valence-electron chi connectivity index (χ4n) is 4.97. The molecule has 1 fully saturated rings. The third kappa shape index (κ3) is 13.6. The minimum absolute atomic E-state index is 0.0289. The molecular formula is C32H57N5O7. The highest BCUT2D eigenvalue weighted by atomic mass is 16.5. The number of cyclic esters (lactones) is 1. The molecule has 0 aromatic carbocycles. The second-order valence-corrected chi connectivity index (χ2v) is 13.2. The normalized spacial score (nSPS) is 26.0. The van der Waals surface area contributed by atoms with Gasteiger partial charge in [-0.2, -0.15) is 0 Å². The fourth-order valence-corrected chi connectivity index (χ4v) is 4.97. The van der Waals surface area contributed by atoms with Crippen molar-refractivity contribution in [3.8, 4) is 0 Å². The number of rotatable bonds is 10. The van der Waals surface area contributed by atoms with Crippen LogP contribution >= 0.6 is 0 Å². The van der Waals surface area contributed by atoms with Crippen LogP contribution in [0.5, 0.6) is 0 Å². The van der Waals surface area contributed by atoms with Gasteiger partial charge in [-0.05, 0) is 43.4 Å². The molecule has 6 atom stereocenters. The molecule has 1 aliphatic rings. The quantitative estimate of drug-likeness (QED) is 0.184. The first kappa shape index (κ1) is 38.8. The lowest BCUT2D eigenvalue weighted by molar-refractivity contribution is -0.158. The second-order valence-electron chi connectivity index (χ2n) is 13.2. The maximum absolute atomic E-state index is 13.4. The third-order valence-electron chi connectivity index (χ3n) is 7.82. The molecule has 1 rings (SSSR count). The third-order valence-corrected chi connectivity index (χ3v) is 7.82. The summed E-state index contributed by atoms with van der Waals surface area (Å²) in [5, 5.41) is 13.3. The van der Waals surface area contributed by atoms with Gasteiger partial charge < -0.3 is 31.3 Å². The summed E-state index contributed by atoms with van der Waals surface area (Å²) in [6.45, 7) is 16.0. The summed E-state index contributed by atoms with van der Waals surface area (Å²) in [6.07, 6.45) is 4.16. The Bertz CT molecular complexity index is 984. The first-order valence-corrected chi connectivity index (χ1v) is 16.2. The second kappa shape index (κ2) is 19.3. The Morgan fingerprint density at radius 3 is 1.93 bits per heavy atom. The molecule has 0 bridgehead atoms. The van der Waals surface area contributed by atoms with Crippen molar-refractivity contribution in [2.45, 2.75) is 138 Å². The van der Waals surface area contributed by atoms with E-state index in [2.05, 4.69) is 33.5 Å². The summed E-state index contributed by atoms with van der Waals surface area (Å²) in [5.74, 6) is -4.21. The van der Waals surface area contributed by atoms with Crippen molar-refractivity contribution in [2.24, 2.45) is 23.7 Å². The van der Waals surface area contributed by atoms with Crippen LogP contribution in [-0.4, -0.2) is 72.3 Å². The van der Waals surface area contributed by atoms with Crippen LogP contribution in [0.15, 0.2) is 0 Å². The average molecular weight is 624 g/mol. The molecule has 252 valence electrons. The monoisotopic (exact) mass is 623 g/mol. The number of carbonyl (C=O) groups is 6. The molecule has 1 aliphatic heterocycles. The van der Waals surface area contributed by atoms with Crippen LogP contribution in [0.4, 0.5) is 0 Å². The van der Waals surface area contributed by atoms with Gasteiger partial charge in [-0.3, -0.25) is 24.0 Å². The van der Waals surface area contributed by atoms with E-state index in [0.717, 1.165) is 32.1 Å². The summed E-state index contributed by atoms with van der Waals surface area (Å²) < 4.78 is 5.88. The van der Waals surface area contributed by atoms with Gasteiger partial charge in [0.2, 0.25) is 29.5 Å². The largest absolute Gasteiger partial charge is 0.460 e. The summed E-state index contributed by atoms with van der Waals surface area (Å²) in [5.41, 5.74) is 0. The first-order chi connectivity index (χ1) is 20.6. The van der Waals surface area contributed by atoms with Crippen molar-refractivity contribution in [1.82, 2.24) is 26.6 Å². The molecular weight excluding hydrogens is 566 g/mol. The predicted molar refractivity (Wildman–Crippen MR) is 168 cm³/mol. The van der Waals surface area contributed by atoms with Gasteiger partial charge >= 0.3 is 5.97 Å². The van der Waals surface area contributed by atoms with Crippen LogP contribution in [0.2, 0.25) is 0 Å². The summed E-state index contributed by atoms with van der Waals surface area (Å²) in [6, 6.07) is -3.98. The van der Waals surface area contributed by atoms with Gasteiger partial charge in [0, 0.05) is 0 Å². The van der Waals surface area contributed by atoms with Crippen LogP contribution in [0.25, 0.3) is 0 Å². The molecule has 1 saturated heterocycles. The Morgan fingerprint density at radius 2 is 1.36 bits per heavy atom. The minimum atomic E-state index is -1.02. The number of ether oxygens (including phenoxy) is 1. The van der Waals surface area contributed by atoms with Crippen molar-refractivity contribution in [1.29, 1.82) is 0 Å². The molecule has 0 radical (unpaired) electrons. The zero-order valence-electron chi connectivity index (χ0n) is 28.2. The van der Waals surface area contributed by atoms with Gasteiger partial charge in [-0.25, -0.2) is 4.79 Å². The van der Waals surface area contributed by atoms with Crippen LogP contribution in [-0.2, 0) is 33.5 Å². The highest BCUT2D eigenvalue weighted by molar-refractivity contribution is 5.95. The van der Waals surface area contributed by atoms with Crippen molar-refractivity contribution in [3.63, 3.8) is 0 Å². The minimum Gasteiger partial charge on any atom is -0.460 e. The molecule has 1 unspecified atom stereocenters. The number of carbonyl (C=O) groups excluding carboxylic acids is 6. The highest BCUT2D eigenvalue weighted by Gasteiger charge is 2.34. The number of hydrogen-bond acceptors (Lipinski definition) is 7. The Labute approximate surface area is 263 Å². The highest BCUT2D eigenvalue weighted by Crippen LogP contribution is 2.21. The molecule has 12 nitrogen and oxygen atoms in total. The molecule has 0 spiro atoms. The zero-order chi connectivity index (χ0) is 33.6. The molecule has 0 aliphatic carbocycles. The molecule has 1 heterocycles. The number of amides is 5. The van der Waals surface area contributed by atoms with E-state index >= 15 is 0 Å². The number of nitrogens with one attached hydrogen (secondary N) is 5. The number of unbranched alkanes of at least 4 members (excludes halogenated alkanes) is 3. The summed E-state index contributed by atoms with van der Waals surface area (Å²) >= 11 is 0. The fraction of sp³-hybridized carbons (Fsp3) is 0.812. The standard InChI is InChI=1S/C32H57N5O7/c1-10-11-12-13-14-21(8)24-16-25(38)33-17-26(39)36-27(19(4)5)31(42)35-23(15-18(2)3)30(41)34-22(9)29(40)37-28(20(6)7)32(43)44-24/h18-24,27-28H,10-17H2,1-9H3,(H,33,38)(H,34,41)(H,35,42)(H,36,39)(H,37,40)/t21?,22-,23+,24-,27-,28-/m0/s1. The molecule has 44 heavy (non-hydrogen) atoms. The van der Waals surface area contributed by atoms with E-state index in [-0.39, 0.29) is 36.6 Å². The van der Waals surface area contributed by atoms with E-state index in [1.807, 2.05) is 20.8 Å². The summed E-state index contributed by atoms with van der Waals surface area (Å²) in [4.78, 5) is 78.9. The van der Waals surface area contributed by atoms with Crippen molar-refractivity contribution in [3.05, 3.63) is 0 Å². The van der Waals surface area contributed by atoms with Crippen LogP contribution < -0.4 is 26.6 Å². The smallest absolute Gasteiger partial charge is 0.329 e. The Balaban J connectivity index is 3.38. The van der Waals surface area contributed by atoms with E-state index in [0.29, 0.717) is 6.42 Å². The van der Waals surface area contributed by atoms with Gasteiger partial charge in [0.1, 0.15) is 30.3 Å². The maximum atomic E-state index is 13.4. The topological polar surface area (TPSA) is 172 Å². The molecule has 0 aromatic rings. The molecule has 12 heteroatoms. The number of esters is 1. The van der Waals surface area contributed by atoms with Gasteiger partial charge in [0.15, 0.2) is 0 Å². The number of hydrogen-bond donors (Lipinski definition) is 5. The Morgan fingerprint density at radius 1 is 0.727 bits per heavy atom. The Hall–Kier alpha value is -3.18. The maximum Gasteiger partial charge on any atom is 0.329 e. The van der Waals surface area contributed by atoms with E-state index in [1.165, 1.54) is 6.92 Å². The molecule has 5 amide bonds. The van der Waals surface area contributed by atoms with Crippen LogP contribution in [0.3, 0.4) is 0 Å². The van der Waals surface area contributed by atoms with Crippen molar-refractivity contribution < 1.29 is 33.5 Å². The van der Waals surface area contributed by atoms with Crippen molar-refractivity contribution in [2.75, 3.05) is 6.54 Å². The lowest BCUT2D eigenvalue weighted by Gasteiger charge is -2.29. The van der Waals surface area contributed by atoms with Crippen LogP contribution in [0.1, 0.15) is 107 Å². The van der Waals surface area contributed by atoms with Crippen molar-refractivity contribution >= 4 is 35.5 Å². The molecule has 5 N–H and O–H groups in total. The van der Waals surface area contributed by atoms with Gasteiger partial charge in [-0.1, -0.05) is 81.1 Å². The SMILES string of the molecule is CCCCCCC(C)[C@@H]1CC(=O)NCC(=O)N[C@@H](C(C)C)C(=O)N[C@H](CC(C)C)C(=O)N[C@@H](C)C(=O)N[C@@H](C(C)C)C(=O)O1. The van der Waals surface area contributed by atoms with Crippen LogP contribution in [0, 0.1) is 23.7 Å². The van der Waals surface area contributed by atoms with E-state index in [1.54, 1.807) is 27.7 Å². The van der Waals surface area contributed by atoms with E-state index in [9.17, 15) is 28.8 Å².